The molecule has 2 N–H and O–H groups in total. The van der Waals surface area contributed by atoms with Gasteiger partial charge in [-0.25, -0.2) is 4.99 Å². The van der Waals surface area contributed by atoms with Crippen molar-refractivity contribution in [1.82, 2.24) is 14.7 Å². The number of aliphatic imine (C=N–C) groups is 1. The molecule has 0 spiro atoms. The highest BCUT2D eigenvalue weighted by atomic mass is 16.2. The molecule has 26 heavy (non-hydrogen) atoms. The van der Waals surface area contributed by atoms with Gasteiger partial charge in [-0.15, -0.1) is 0 Å². The molecule has 0 fully saturated rings. The van der Waals surface area contributed by atoms with E-state index in [0.717, 1.165) is 27.7 Å². The van der Waals surface area contributed by atoms with Gasteiger partial charge in [-0.05, 0) is 18.6 Å². The number of benzene rings is 2. The molecule has 2 aromatic carbocycles. The third kappa shape index (κ3) is 2.45. The van der Waals surface area contributed by atoms with Crippen molar-refractivity contribution in [3.05, 3.63) is 54.1 Å². The molecule has 132 valence electrons. The van der Waals surface area contributed by atoms with Gasteiger partial charge in [0.25, 0.3) is 0 Å². The van der Waals surface area contributed by atoms with Crippen LogP contribution in [-0.4, -0.2) is 33.6 Å². The zero-order valence-electron chi connectivity index (χ0n) is 15.1. The molecule has 0 unspecified atom stereocenters. The highest BCUT2D eigenvalue weighted by Crippen LogP contribution is 2.36. The van der Waals surface area contributed by atoms with Crippen molar-refractivity contribution in [2.75, 3.05) is 7.05 Å². The van der Waals surface area contributed by atoms with Crippen LogP contribution in [0.5, 0.6) is 0 Å². The Morgan fingerprint density at radius 2 is 1.85 bits per heavy atom. The molecule has 1 amide bonds. The summed E-state index contributed by atoms with van der Waals surface area (Å²) in [5, 5.41) is 5.76. The number of carbonyl (C=O) groups excluding carboxylic acids is 1. The Bertz CT molecular complexity index is 1040. The first kappa shape index (κ1) is 16.3. The van der Waals surface area contributed by atoms with Crippen molar-refractivity contribution in [3.8, 4) is 11.3 Å². The topological polar surface area (TPSA) is 76.5 Å². The van der Waals surface area contributed by atoms with E-state index in [1.165, 1.54) is 4.90 Å². The third-order valence-corrected chi connectivity index (χ3v) is 5.10. The molecule has 1 aliphatic rings. The second-order valence-corrected chi connectivity index (χ2v) is 6.94. The summed E-state index contributed by atoms with van der Waals surface area (Å²) in [6, 6.07) is 16.2. The Balaban J connectivity index is 1.85. The number of fused-ring (bicyclic) bond motifs is 1. The lowest BCUT2D eigenvalue weighted by molar-refractivity contribution is -0.128. The van der Waals surface area contributed by atoms with E-state index in [2.05, 4.69) is 29.3 Å². The number of hydrogen-bond donors (Lipinski definition) is 1. The number of amides is 1. The average Bonchev–Trinajstić information content (AvgIpc) is 2.97. The summed E-state index contributed by atoms with van der Waals surface area (Å²) < 4.78 is 1.87. The first-order chi connectivity index (χ1) is 12.4. The summed E-state index contributed by atoms with van der Waals surface area (Å²) in [6.07, 6.45) is 0.291. The van der Waals surface area contributed by atoms with E-state index in [9.17, 15) is 4.79 Å². The van der Waals surface area contributed by atoms with Crippen LogP contribution in [0.2, 0.25) is 0 Å². The lowest BCUT2D eigenvalue weighted by Crippen LogP contribution is -2.47. The van der Waals surface area contributed by atoms with E-state index >= 15 is 0 Å². The SMILES string of the molecule is CN1C(=O)C[C@@](C)(c2ccc3c(-c4ccccc4)nn(C)c3c2)N=C1N. The molecule has 1 aliphatic heterocycles. The summed E-state index contributed by atoms with van der Waals surface area (Å²) in [7, 11) is 3.58. The van der Waals surface area contributed by atoms with Crippen LogP contribution < -0.4 is 5.73 Å². The maximum atomic E-state index is 12.3. The molecule has 6 nitrogen and oxygen atoms in total. The van der Waals surface area contributed by atoms with Crippen LogP contribution in [0.15, 0.2) is 53.5 Å². The van der Waals surface area contributed by atoms with Crippen LogP contribution in [0.25, 0.3) is 22.2 Å². The van der Waals surface area contributed by atoms with Crippen molar-refractivity contribution in [2.24, 2.45) is 17.8 Å². The minimum absolute atomic E-state index is 0.0323. The van der Waals surface area contributed by atoms with Gasteiger partial charge in [-0.1, -0.05) is 42.5 Å². The lowest BCUT2D eigenvalue weighted by Gasteiger charge is -2.33. The second-order valence-electron chi connectivity index (χ2n) is 6.94. The number of carbonyl (C=O) groups is 1. The molecule has 0 aliphatic carbocycles. The van der Waals surface area contributed by atoms with Gasteiger partial charge in [0.2, 0.25) is 5.91 Å². The smallest absolute Gasteiger partial charge is 0.231 e. The van der Waals surface area contributed by atoms with Gasteiger partial charge >= 0.3 is 0 Å². The summed E-state index contributed by atoms with van der Waals surface area (Å²) in [5.74, 6) is 0.217. The number of nitrogens with two attached hydrogens (primary N) is 1. The summed E-state index contributed by atoms with van der Waals surface area (Å²) in [4.78, 5) is 18.2. The molecule has 0 radical (unpaired) electrons. The van der Waals surface area contributed by atoms with Gasteiger partial charge in [-0.2, -0.15) is 5.10 Å². The van der Waals surface area contributed by atoms with Gasteiger partial charge in [0.15, 0.2) is 5.96 Å². The standard InChI is InChI=1S/C20H21N5O/c1-20(12-17(26)24(2)19(21)22-20)14-9-10-15-16(11-14)25(3)23-18(15)13-7-5-4-6-8-13/h4-11H,12H2,1-3H3,(H2,21,22)/t20-/m0/s1. The van der Waals surface area contributed by atoms with Crippen LogP contribution >= 0.6 is 0 Å². The first-order valence-electron chi connectivity index (χ1n) is 8.53. The van der Waals surface area contributed by atoms with Gasteiger partial charge in [0, 0.05) is 25.0 Å². The van der Waals surface area contributed by atoms with Crippen molar-refractivity contribution >= 4 is 22.8 Å². The van der Waals surface area contributed by atoms with Crippen LogP contribution in [0.1, 0.15) is 18.9 Å². The van der Waals surface area contributed by atoms with E-state index < -0.39 is 5.54 Å². The minimum Gasteiger partial charge on any atom is -0.369 e. The quantitative estimate of drug-likeness (QED) is 0.774. The molecule has 1 atom stereocenters. The molecule has 1 aromatic heterocycles. The summed E-state index contributed by atoms with van der Waals surface area (Å²) in [5.41, 5.74) is 9.26. The van der Waals surface area contributed by atoms with Gasteiger partial charge in [0.05, 0.1) is 17.5 Å². The molecule has 3 aromatic rings. The van der Waals surface area contributed by atoms with Crippen LogP contribution in [0.3, 0.4) is 0 Å². The third-order valence-electron chi connectivity index (χ3n) is 5.10. The number of aromatic nitrogens is 2. The largest absolute Gasteiger partial charge is 0.369 e. The highest BCUT2D eigenvalue weighted by molar-refractivity contribution is 5.99. The second kappa shape index (κ2) is 5.69. The zero-order chi connectivity index (χ0) is 18.5. The first-order valence-corrected chi connectivity index (χ1v) is 8.53. The van der Waals surface area contributed by atoms with Crippen LogP contribution in [0, 0.1) is 0 Å². The Morgan fingerprint density at radius 1 is 1.12 bits per heavy atom. The predicted octanol–water partition coefficient (Wildman–Crippen LogP) is 2.63. The Morgan fingerprint density at radius 3 is 2.54 bits per heavy atom. The van der Waals surface area contributed by atoms with Gasteiger partial charge < -0.3 is 5.73 Å². The van der Waals surface area contributed by atoms with E-state index in [0.29, 0.717) is 6.42 Å². The van der Waals surface area contributed by atoms with E-state index in [1.807, 2.05) is 42.9 Å². The molecule has 0 bridgehead atoms. The number of guanidine groups is 1. The average molecular weight is 347 g/mol. The van der Waals surface area contributed by atoms with E-state index in [1.54, 1.807) is 7.05 Å². The Kier molecular flexibility index (Phi) is 3.57. The van der Waals surface area contributed by atoms with Crippen LogP contribution in [-0.2, 0) is 17.4 Å². The zero-order valence-corrected chi connectivity index (χ0v) is 15.1. The Labute approximate surface area is 151 Å². The minimum atomic E-state index is -0.668. The van der Waals surface area contributed by atoms with Crippen LogP contribution in [0.4, 0.5) is 0 Å². The molecule has 6 heteroatoms. The summed E-state index contributed by atoms with van der Waals surface area (Å²) >= 11 is 0. The normalized spacial score (nSPS) is 20.5. The maximum Gasteiger partial charge on any atom is 0.231 e. The molecule has 4 rings (SSSR count). The Hall–Kier alpha value is -3.15. The van der Waals surface area contributed by atoms with Crippen molar-refractivity contribution in [1.29, 1.82) is 0 Å². The molecular formula is C20H21N5O. The van der Waals surface area contributed by atoms with E-state index in [-0.39, 0.29) is 11.9 Å². The van der Waals surface area contributed by atoms with Gasteiger partial charge in [-0.3, -0.25) is 14.4 Å². The summed E-state index contributed by atoms with van der Waals surface area (Å²) in [6.45, 7) is 1.94. The predicted molar refractivity (Wildman–Crippen MR) is 103 cm³/mol. The number of rotatable bonds is 2. The molecule has 0 saturated heterocycles. The van der Waals surface area contributed by atoms with Gasteiger partial charge in [0.1, 0.15) is 5.69 Å². The number of aryl methyl sites for hydroxylation is 1. The fourth-order valence-electron chi connectivity index (χ4n) is 3.48. The number of nitrogens with zero attached hydrogens (tertiary/aromatic N) is 4. The highest BCUT2D eigenvalue weighted by Gasteiger charge is 2.36. The molecule has 0 saturated carbocycles. The van der Waals surface area contributed by atoms with Crippen molar-refractivity contribution < 1.29 is 4.79 Å². The lowest BCUT2D eigenvalue weighted by atomic mass is 9.87. The monoisotopic (exact) mass is 347 g/mol. The van der Waals surface area contributed by atoms with Crippen molar-refractivity contribution in [2.45, 2.75) is 18.9 Å². The fraction of sp³-hybridized carbons (Fsp3) is 0.250. The fourth-order valence-corrected chi connectivity index (χ4v) is 3.48. The maximum absolute atomic E-state index is 12.3. The molecule has 2 heterocycles. The number of hydrogen-bond acceptors (Lipinski definition) is 4. The van der Waals surface area contributed by atoms with Crippen molar-refractivity contribution in [3.63, 3.8) is 0 Å². The molecular weight excluding hydrogens is 326 g/mol. The van der Waals surface area contributed by atoms with E-state index in [4.69, 9.17) is 10.8 Å².